The van der Waals surface area contributed by atoms with Crippen LogP contribution in [-0.2, 0) is 14.3 Å². The molecular weight excluding hydrogens is 244 g/mol. The van der Waals surface area contributed by atoms with E-state index in [1.54, 1.807) is 24.3 Å². The van der Waals surface area contributed by atoms with E-state index in [9.17, 15) is 9.59 Å². The number of nitrogens with two attached hydrogens (primary N) is 1. The zero-order valence-corrected chi connectivity index (χ0v) is 11.3. The van der Waals surface area contributed by atoms with Crippen molar-refractivity contribution in [2.24, 2.45) is 5.73 Å². The Kier molecular flexibility index (Phi) is 6.02. The van der Waals surface area contributed by atoms with Crippen LogP contribution >= 0.6 is 0 Å². The summed E-state index contributed by atoms with van der Waals surface area (Å²) in [5.74, 6) is -0.737. The zero-order valence-electron chi connectivity index (χ0n) is 11.3. The summed E-state index contributed by atoms with van der Waals surface area (Å²) in [7, 11) is 1.29. The van der Waals surface area contributed by atoms with E-state index >= 15 is 0 Å². The van der Waals surface area contributed by atoms with Gasteiger partial charge >= 0.3 is 5.97 Å². The first-order valence-electron chi connectivity index (χ1n) is 6.29. The average molecular weight is 264 g/mol. The normalized spacial score (nSPS) is 11.7. The van der Waals surface area contributed by atoms with Crippen LogP contribution in [0.15, 0.2) is 30.3 Å². The van der Waals surface area contributed by atoms with Gasteiger partial charge in [-0.15, -0.1) is 0 Å². The minimum absolute atomic E-state index is 0.128. The second kappa shape index (κ2) is 7.53. The molecule has 1 atom stereocenters. The largest absolute Gasteiger partial charge is 0.468 e. The number of rotatable bonds is 6. The first-order chi connectivity index (χ1) is 9.10. The van der Waals surface area contributed by atoms with Crippen molar-refractivity contribution in [1.82, 2.24) is 0 Å². The van der Waals surface area contributed by atoms with Crippen molar-refractivity contribution in [1.29, 1.82) is 0 Å². The number of anilines is 1. The highest BCUT2D eigenvalue weighted by atomic mass is 16.5. The molecular formula is C14H20N2O3. The van der Waals surface area contributed by atoms with Crippen molar-refractivity contribution in [3.63, 3.8) is 0 Å². The van der Waals surface area contributed by atoms with E-state index in [0.717, 1.165) is 6.42 Å². The van der Waals surface area contributed by atoms with E-state index < -0.39 is 12.0 Å². The van der Waals surface area contributed by atoms with E-state index in [1.807, 2.05) is 13.0 Å². The number of methoxy groups -OCH3 is 1. The second-order valence-electron chi connectivity index (χ2n) is 4.23. The summed E-state index contributed by atoms with van der Waals surface area (Å²) in [6.07, 6.45) is 1.40. The summed E-state index contributed by atoms with van der Waals surface area (Å²) >= 11 is 0. The maximum Gasteiger partial charge on any atom is 0.325 e. The molecule has 0 aliphatic rings. The molecule has 1 amide bonds. The third-order valence-corrected chi connectivity index (χ3v) is 2.77. The van der Waals surface area contributed by atoms with Crippen LogP contribution in [0.5, 0.6) is 0 Å². The van der Waals surface area contributed by atoms with Gasteiger partial charge in [0.15, 0.2) is 0 Å². The lowest BCUT2D eigenvalue weighted by molar-refractivity contribution is -0.140. The number of amides is 1. The number of carbonyl (C=O) groups excluding carboxylic acids is 2. The zero-order chi connectivity index (χ0) is 14.3. The Morgan fingerprint density at radius 3 is 2.47 bits per heavy atom. The van der Waals surface area contributed by atoms with Crippen molar-refractivity contribution >= 4 is 17.6 Å². The Morgan fingerprint density at radius 2 is 1.95 bits per heavy atom. The van der Waals surface area contributed by atoms with Gasteiger partial charge in [-0.25, -0.2) is 0 Å². The van der Waals surface area contributed by atoms with Gasteiger partial charge < -0.3 is 10.5 Å². The van der Waals surface area contributed by atoms with E-state index in [1.165, 1.54) is 12.0 Å². The fraction of sp³-hybridized carbons (Fsp3) is 0.429. The molecule has 0 saturated carbocycles. The smallest absolute Gasteiger partial charge is 0.325 e. The molecule has 1 aromatic rings. The van der Waals surface area contributed by atoms with Crippen LogP contribution in [0.1, 0.15) is 19.8 Å². The van der Waals surface area contributed by atoms with Crippen molar-refractivity contribution < 1.29 is 14.3 Å². The van der Waals surface area contributed by atoms with E-state index in [0.29, 0.717) is 12.1 Å². The molecule has 0 aromatic heterocycles. The Hall–Kier alpha value is -1.88. The van der Waals surface area contributed by atoms with Gasteiger partial charge in [-0.2, -0.15) is 0 Å². The van der Waals surface area contributed by atoms with Gasteiger partial charge in [0.2, 0.25) is 5.91 Å². The predicted molar refractivity (Wildman–Crippen MR) is 73.7 cm³/mol. The number of nitrogens with zero attached hydrogens (tertiary/aromatic N) is 1. The van der Waals surface area contributed by atoms with Gasteiger partial charge in [-0.05, 0) is 18.6 Å². The van der Waals surface area contributed by atoms with Crippen LogP contribution in [0.3, 0.4) is 0 Å². The second-order valence-corrected chi connectivity index (χ2v) is 4.23. The number of hydrogen-bond donors (Lipinski definition) is 1. The summed E-state index contributed by atoms with van der Waals surface area (Å²) in [4.78, 5) is 25.1. The Morgan fingerprint density at radius 1 is 1.32 bits per heavy atom. The van der Waals surface area contributed by atoms with Gasteiger partial charge in [0.05, 0.1) is 13.2 Å². The molecule has 19 heavy (non-hydrogen) atoms. The van der Waals surface area contributed by atoms with Gasteiger partial charge in [0, 0.05) is 5.69 Å². The third kappa shape index (κ3) is 4.37. The summed E-state index contributed by atoms with van der Waals surface area (Å²) < 4.78 is 4.62. The van der Waals surface area contributed by atoms with Crippen LogP contribution < -0.4 is 10.6 Å². The fourth-order valence-electron chi connectivity index (χ4n) is 1.73. The molecule has 0 saturated heterocycles. The minimum atomic E-state index is -0.602. The van der Waals surface area contributed by atoms with Crippen LogP contribution in [0.2, 0.25) is 0 Å². The number of hydrogen-bond acceptors (Lipinski definition) is 4. The highest BCUT2D eigenvalue weighted by Gasteiger charge is 2.24. The quantitative estimate of drug-likeness (QED) is 0.786. The first-order valence-corrected chi connectivity index (χ1v) is 6.29. The molecule has 0 bridgehead atoms. The summed E-state index contributed by atoms with van der Waals surface area (Å²) in [5, 5.41) is 0. The Balaban J connectivity index is 2.92. The molecule has 0 spiro atoms. The molecule has 1 aromatic carbocycles. The van der Waals surface area contributed by atoms with Crippen molar-refractivity contribution in [3.8, 4) is 0 Å². The maximum absolute atomic E-state index is 12.3. The molecule has 0 heterocycles. The summed E-state index contributed by atoms with van der Waals surface area (Å²) in [6, 6.07) is 8.38. The minimum Gasteiger partial charge on any atom is -0.468 e. The number of carbonyl (C=O) groups is 2. The lowest BCUT2D eigenvalue weighted by Gasteiger charge is -2.24. The summed E-state index contributed by atoms with van der Waals surface area (Å²) in [5.41, 5.74) is 6.48. The molecule has 1 rings (SSSR count). The predicted octanol–water partition coefficient (Wildman–Crippen LogP) is 1.32. The fourth-order valence-corrected chi connectivity index (χ4v) is 1.73. The van der Waals surface area contributed by atoms with E-state index in [2.05, 4.69) is 4.74 Å². The van der Waals surface area contributed by atoms with Gasteiger partial charge in [-0.3, -0.25) is 14.5 Å². The summed E-state index contributed by atoms with van der Waals surface area (Å²) in [6.45, 7) is 1.83. The molecule has 0 unspecified atom stereocenters. The van der Waals surface area contributed by atoms with Gasteiger partial charge in [0.25, 0.3) is 0 Å². The Labute approximate surface area is 113 Å². The van der Waals surface area contributed by atoms with Gasteiger partial charge in [-0.1, -0.05) is 31.5 Å². The average Bonchev–Trinajstić information content (AvgIpc) is 2.44. The number of para-hydroxylation sites is 1. The SMILES string of the molecule is CCC[C@H](N)C(=O)N(CC(=O)OC)c1ccccc1. The monoisotopic (exact) mass is 264 g/mol. The topological polar surface area (TPSA) is 72.6 Å². The van der Waals surface area contributed by atoms with Crippen LogP contribution in [0.25, 0.3) is 0 Å². The first kappa shape index (κ1) is 15.2. The number of ether oxygens (including phenoxy) is 1. The molecule has 0 fully saturated rings. The highest BCUT2D eigenvalue weighted by Crippen LogP contribution is 2.15. The number of benzene rings is 1. The van der Waals surface area contributed by atoms with Crippen LogP contribution in [0.4, 0.5) is 5.69 Å². The molecule has 0 aliphatic heterocycles. The molecule has 2 N–H and O–H groups in total. The molecule has 5 nitrogen and oxygen atoms in total. The molecule has 104 valence electrons. The number of esters is 1. The molecule has 0 aliphatic carbocycles. The molecule has 0 radical (unpaired) electrons. The van der Waals surface area contributed by atoms with Crippen LogP contribution in [0, 0.1) is 0 Å². The van der Waals surface area contributed by atoms with Gasteiger partial charge in [0.1, 0.15) is 6.54 Å². The molecule has 5 heteroatoms. The lowest BCUT2D eigenvalue weighted by atomic mass is 10.1. The van der Waals surface area contributed by atoms with E-state index in [4.69, 9.17) is 5.73 Å². The van der Waals surface area contributed by atoms with Crippen molar-refractivity contribution in [2.45, 2.75) is 25.8 Å². The lowest BCUT2D eigenvalue weighted by Crippen LogP contribution is -2.46. The Bertz CT molecular complexity index is 420. The standard InChI is InChI=1S/C14H20N2O3/c1-3-7-12(15)14(18)16(10-13(17)19-2)11-8-5-4-6-9-11/h4-6,8-9,12H,3,7,10,15H2,1-2H3/t12-/m0/s1. The van der Waals surface area contributed by atoms with Crippen molar-refractivity contribution in [3.05, 3.63) is 30.3 Å². The van der Waals surface area contributed by atoms with Crippen LogP contribution in [-0.4, -0.2) is 31.6 Å². The maximum atomic E-state index is 12.3. The third-order valence-electron chi connectivity index (χ3n) is 2.77. The van der Waals surface area contributed by atoms with Crippen molar-refractivity contribution in [2.75, 3.05) is 18.6 Å². The van der Waals surface area contributed by atoms with E-state index in [-0.39, 0.29) is 12.5 Å². The highest BCUT2D eigenvalue weighted by molar-refractivity contribution is 6.00.